The van der Waals surface area contributed by atoms with Crippen LogP contribution in [0.3, 0.4) is 0 Å². The van der Waals surface area contributed by atoms with E-state index in [2.05, 4.69) is 0 Å². The van der Waals surface area contributed by atoms with Gasteiger partial charge in [-0.05, 0) is 24.7 Å². The van der Waals surface area contributed by atoms with Crippen molar-refractivity contribution in [2.75, 3.05) is 13.2 Å². The summed E-state index contributed by atoms with van der Waals surface area (Å²) in [7, 11) is 0. The number of rotatable bonds is 10. The van der Waals surface area contributed by atoms with Crippen molar-refractivity contribution in [1.29, 1.82) is 0 Å². The van der Waals surface area contributed by atoms with Crippen molar-refractivity contribution < 1.29 is 19.1 Å². The van der Waals surface area contributed by atoms with Gasteiger partial charge in [-0.1, -0.05) is 54.4 Å². The Morgan fingerprint density at radius 2 is 1.05 bits per heavy atom. The number of carbonyl (C=O) groups is 2. The number of ether oxygens (including phenoxy) is 2. The molecule has 4 heteroatoms. The highest BCUT2D eigenvalue weighted by Gasteiger charge is 2.22. The molecular formula is C18H32O4. The average molecular weight is 312 g/mol. The topological polar surface area (TPSA) is 52.6 Å². The zero-order chi connectivity index (χ0) is 17.1. The van der Waals surface area contributed by atoms with Crippen molar-refractivity contribution in [3.63, 3.8) is 0 Å². The predicted octanol–water partition coefficient (Wildman–Crippen LogP) is 4.28. The van der Waals surface area contributed by atoms with Crippen LogP contribution in [0, 0.1) is 11.8 Å². The minimum atomic E-state index is -0.375. The van der Waals surface area contributed by atoms with E-state index in [1.807, 2.05) is 41.5 Å². The maximum atomic E-state index is 12.3. The van der Waals surface area contributed by atoms with Crippen LogP contribution in [0.1, 0.15) is 67.2 Å². The van der Waals surface area contributed by atoms with Crippen molar-refractivity contribution >= 4 is 11.9 Å². The second kappa shape index (κ2) is 11.3. The minimum Gasteiger partial charge on any atom is -0.462 e. The largest absolute Gasteiger partial charge is 0.462 e. The number of hydrogen-bond acceptors (Lipinski definition) is 4. The van der Waals surface area contributed by atoms with Crippen LogP contribution >= 0.6 is 0 Å². The lowest BCUT2D eigenvalue weighted by Crippen LogP contribution is -2.19. The van der Waals surface area contributed by atoms with Crippen molar-refractivity contribution in [1.82, 2.24) is 0 Å². The lowest BCUT2D eigenvalue weighted by Gasteiger charge is -2.15. The number of carbonyl (C=O) groups excluding carboxylic acids is 2. The first-order valence-electron chi connectivity index (χ1n) is 8.39. The minimum absolute atomic E-state index is 0.273. The third-order valence-corrected chi connectivity index (χ3v) is 2.95. The van der Waals surface area contributed by atoms with Gasteiger partial charge < -0.3 is 9.47 Å². The van der Waals surface area contributed by atoms with E-state index in [0.29, 0.717) is 37.2 Å². The van der Waals surface area contributed by atoms with Crippen molar-refractivity contribution in [2.45, 2.75) is 67.2 Å². The zero-order valence-electron chi connectivity index (χ0n) is 15.0. The molecule has 0 radical (unpaired) electrons. The summed E-state index contributed by atoms with van der Waals surface area (Å²) < 4.78 is 10.6. The first-order chi connectivity index (χ1) is 10.3. The molecule has 128 valence electrons. The molecule has 0 fully saturated rings. The highest BCUT2D eigenvalue weighted by Crippen LogP contribution is 2.20. The van der Waals surface area contributed by atoms with Gasteiger partial charge in [-0.3, -0.25) is 0 Å². The summed E-state index contributed by atoms with van der Waals surface area (Å²) in [6.07, 6.45) is 2.67. The van der Waals surface area contributed by atoms with Crippen molar-refractivity contribution in [3.05, 3.63) is 11.1 Å². The van der Waals surface area contributed by atoms with E-state index in [4.69, 9.17) is 9.47 Å². The Hall–Kier alpha value is -1.32. The fourth-order valence-electron chi connectivity index (χ4n) is 1.91. The number of hydrogen-bond donors (Lipinski definition) is 0. The molecule has 0 saturated carbocycles. The maximum Gasteiger partial charge on any atom is 0.334 e. The first-order valence-corrected chi connectivity index (χ1v) is 8.39. The predicted molar refractivity (Wildman–Crippen MR) is 88.4 cm³/mol. The molecule has 0 spiro atoms. The van der Waals surface area contributed by atoms with Gasteiger partial charge in [-0.2, -0.15) is 0 Å². The summed E-state index contributed by atoms with van der Waals surface area (Å²) in [4.78, 5) is 24.6. The van der Waals surface area contributed by atoms with E-state index >= 15 is 0 Å². The molecule has 0 aromatic heterocycles. The molecule has 0 aliphatic rings. The van der Waals surface area contributed by atoms with Crippen LogP contribution in [-0.4, -0.2) is 25.2 Å². The highest BCUT2D eigenvalue weighted by molar-refractivity contribution is 6.00. The van der Waals surface area contributed by atoms with Gasteiger partial charge in [0.15, 0.2) is 0 Å². The fraction of sp³-hybridized carbons (Fsp3) is 0.778. The van der Waals surface area contributed by atoms with E-state index in [9.17, 15) is 9.59 Å². The molecule has 0 unspecified atom stereocenters. The lowest BCUT2D eigenvalue weighted by molar-refractivity contribution is -0.143. The van der Waals surface area contributed by atoms with E-state index in [1.54, 1.807) is 0 Å². The molecule has 0 heterocycles. The van der Waals surface area contributed by atoms with Gasteiger partial charge in [0.05, 0.1) is 13.2 Å². The van der Waals surface area contributed by atoms with Gasteiger partial charge >= 0.3 is 11.9 Å². The van der Waals surface area contributed by atoms with Crippen molar-refractivity contribution in [3.8, 4) is 0 Å². The Balaban J connectivity index is 5.25. The average Bonchev–Trinajstić information content (AvgIpc) is 2.45. The van der Waals surface area contributed by atoms with Crippen LogP contribution in [0.25, 0.3) is 0 Å². The quantitative estimate of drug-likeness (QED) is 0.446. The monoisotopic (exact) mass is 312 g/mol. The third-order valence-electron chi connectivity index (χ3n) is 2.95. The Kier molecular flexibility index (Phi) is 10.6. The Morgan fingerprint density at radius 1 is 0.727 bits per heavy atom. The van der Waals surface area contributed by atoms with E-state index in [-0.39, 0.29) is 23.8 Å². The van der Waals surface area contributed by atoms with Crippen LogP contribution < -0.4 is 0 Å². The Morgan fingerprint density at radius 3 is 1.27 bits per heavy atom. The smallest absolute Gasteiger partial charge is 0.334 e. The Bertz CT molecular complexity index is 345. The number of esters is 2. The molecule has 0 aliphatic carbocycles. The van der Waals surface area contributed by atoms with Gasteiger partial charge in [-0.25, -0.2) is 9.59 Å². The highest BCUT2D eigenvalue weighted by atomic mass is 16.5. The van der Waals surface area contributed by atoms with Gasteiger partial charge in [0.1, 0.15) is 0 Å². The van der Waals surface area contributed by atoms with Crippen LogP contribution in [0.5, 0.6) is 0 Å². The molecule has 0 aromatic rings. The summed E-state index contributed by atoms with van der Waals surface area (Å²) in [5, 5.41) is 0. The zero-order valence-corrected chi connectivity index (χ0v) is 15.0. The molecule has 22 heavy (non-hydrogen) atoms. The molecule has 0 saturated heterocycles. The molecule has 0 aromatic carbocycles. The third kappa shape index (κ3) is 8.20. The fourth-order valence-corrected chi connectivity index (χ4v) is 1.91. The van der Waals surface area contributed by atoms with Crippen LogP contribution in [0.4, 0.5) is 0 Å². The first kappa shape index (κ1) is 20.7. The van der Waals surface area contributed by atoms with Gasteiger partial charge in [0, 0.05) is 11.1 Å². The van der Waals surface area contributed by atoms with Gasteiger partial charge in [-0.15, -0.1) is 0 Å². The van der Waals surface area contributed by atoms with Crippen LogP contribution in [0.2, 0.25) is 0 Å². The molecule has 0 aliphatic heterocycles. The molecular weight excluding hydrogens is 280 g/mol. The molecule has 0 rings (SSSR count). The lowest BCUT2D eigenvalue weighted by atomic mass is 9.99. The molecule has 0 amide bonds. The summed E-state index contributed by atoms with van der Waals surface area (Å²) >= 11 is 0. The standard InChI is InChI=1S/C18H32O4/c1-7-9-15(17(19)21-11-13(3)4)16(10-8-2)18(20)22-12-14(5)6/h13-14H,7-12H2,1-6H3/b16-15-. The van der Waals surface area contributed by atoms with Crippen LogP contribution in [0.15, 0.2) is 11.1 Å². The molecule has 0 N–H and O–H groups in total. The second-order valence-electron chi connectivity index (χ2n) is 6.44. The second-order valence-corrected chi connectivity index (χ2v) is 6.44. The Labute approximate surface area is 135 Å². The molecule has 0 atom stereocenters. The summed E-state index contributed by atoms with van der Waals surface area (Å²) in [5.74, 6) is -0.204. The van der Waals surface area contributed by atoms with Gasteiger partial charge in [0.25, 0.3) is 0 Å². The SMILES string of the molecule is CCC/C(C(=O)OCC(C)C)=C(\CCC)C(=O)OCC(C)C. The normalized spacial score (nSPS) is 12.4. The van der Waals surface area contributed by atoms with Crippen molar-refractivity contribution in [2.24, 2.45) is 11.8 Å². The van der Waals surface area contributed by atoms with E-state index in [1.165, 1.54) is 0 Å². The van der Waals surface area contributed by atoms with Gasteiger partial charge in [0.2, 0.25) is 0 Å². The van der Waals surface area contributed by atoms with E-state index < -0.39 is 0 Å². The summed E-state index contributed by atoms with van der Waals surface area (Å²) in [6, 6.07) is 0. The van der Waals surface area contributed by atoms with E-state index in [0.717, 1.165) is 12.8 Å². The molecule has 4 nitrogen and oxygen atoms in total. The summed E-state index contributed by atoms with van der Waals surface area (Å²) in [5.41, 5.74) is 0.970. The maximum absolute atomic E-state index is 12.3. The summed E-state index contributed by atoms with van der Waals surface area (Å²) in [6.45, 7) is 12.7. The molecule has 0 bridgehead atoms. The van der Waals surface area contributed by atoms with Crippen LogP contribution in [-0.2, 0) is 19.1 Å².